The molecule has 3 aromatic rings. The van der Waals surface area contributed by atoms with Gasteiger partial charge in [0.2, 0.25) is 0 Å². The lowest BCUT2D eigenvalue weighted by Gasteiger charge is -2.33. The van der Waals surface area contributed by atoms with Crippen LogP contribution in [0, 0.1) is 0 Å². The third-order valence-corrected chi connectivity index (χ3v) is 6.93. The summed E-state index contributed by atoms with van der Waals surface area (Å²) in [6, 6.07) is 24.5. The highest BCUT2D eigenvalue weighted by atomic mass is 16.6. The maximum Gasteiger partial charge on any atom is 0.338 e. The standard InChI is InChI=1S/C29H28O4/c1-2-3-11-19-16-10-17-22-23-18-24(25(19)22)27(33-29(31)21-14-8-5-9-15-21)26(23)32-28(30)20-12-6-4-7-13-20/h4-10,12-17,23-24,26-27H,2-3,11,18H2,1H3. The molecule has 4 atom stereocenters. The maximum absolute atomic E-state index is 13.0. The van der Waals surface area contributed by atoms with Gasteiger partial charge in [-0.2, -0.15) is 0 Å². The quantitative estimate of drug-likeness (QED) is 0.419. The van der Waals surface area contributed by atoms with Gasteiger partial charge in [-0.15, -0.1) is 0 Å². The maximum atomic E-state index is 13.0. The van der Waals surface area contributed by atoms with E-state index in [9.17, 15) is 9.59 Å². The van der Waals surface area contributed by atoms with Gasteiger partial charge in [-0.3, -0.25) is 0 Å². The molecule has 3 aromatic carbocycles. The van der Waals surface area contributed by atoms with Gasteiger partial charge in [0.1, 0.15) is 12.2 Å². The Morgan fingerprint density at radius 2 is 1.33 bits per heavy atom. The van der Waals surface area contributed by atoms with Gasteiger partial charge in [0.25, 0.3) is 0 Å². The molecular formula is C29H28O4. The van der Waals surface area contributed by atoms with Gasteiger partial charge in [-0.1, -0.05) is 67.9 Å². The molecule has 2 bridgehead atoms. The minimum absolute atomic E-state index is 0.0350. The molecule has 0 radical (unpaired) electrons. The molecule has 0 amide bonds. The lowest BCUT2D eigenvalue weighted by Crippen LogP contribution is -2.39. The number of rotatable bonds is 7. The molecule has 0 spiro atoms. The molecule has 0 heterocycles. The summed E-state index contributed by atoms with van der Waals surface area (Å²) in [6.45, 7) is 2.19. The van der Waals surface area contributed by atoms with Crippen LogP contribution >= 0.6 is 0 Å². The number of aryl methyl sites for hydroxylation is 1. The lowest BCUT2D eigenvalue weighted by molar-refractivity contribution is -0.0349. The molecule has 0 aliphatic heterocycles. The Kier molecular flexibility index (Phi) is 5.99. The van der Waals surface area contributed by atoms with Crippen LogP contribution < -0.4 is 0 Å². The van der Waals surface area contributed by atoms with Gasteiger partial charge >= 0.3 is 11.9 Å². The molecular weight excluding hydrogens is 412 g/mol. The van der Waals surface area contributed by atoms with Crippen LogP contribution in [0.2, 0.25) is 0 Å². The molecule has 1 saturated carbocycles. The minimum Gasteiger partial charge on any atom is -0.454 e. The van der Waals surface area contributed by atoms with Crippen LogP contribution in [0.1, 0.15) is 75.4 Å². The second kappa shape index (κ2) is 9.22. The largest absolute Gasteiger partial charge is 0.454 e. The molecule has 2 aliphatic carbocycles. The fourth-order valence-electron chi connectivity index (χ4n) is 5.41. The number of hydrogen-bond acceptors (Lipinski definition) is 4. The first-order chi connectivity index (χ1) is 16.2. The fraction of sp³-hybridized carbons (Fsp3) is 0.310. The molecule has 0 saturated heterocycles. The number of hydrogen-bond donors (Lipinski definition) is 0. The second-order valence-electron chi connectivity index (χ2n) is 8.94. The topological polar surface area (TPSA) is 52.6 Å². The average Bonchev–Trinajstić information content (AvgIpc) is 3.41. The van der Waals surface area contributed by atoms with Crippen molar-refractivity contribution >= 4 is 11.9 Å². The van der Waals surface area contributed by atoms with Crippen LogP contribution in [0.4, 0.5) is 0 Å². The summed E-state index contributed by atoms with van der Waals surface area (Å²) in [5, 5.41) is 0. The van der Waals surface area contributed by atoms with E-state index in [4.69, 9.17) is 9.47 Å². The van der Waals surface area contributed by atoms with E-state index >= 15 is 0 Å². The summed E-state index contributed by atoms with van der Waals surface area (Å²) >= 11 is 0. The van der Waals surface area contributed by atoms with Crippen molar-refractivity contribution in [3.05, 3.63) is 107 Å². The Labute approximate surface area is 194 Å². The summed E-state index contributed by atoms with van der Waals surface area (Å²) in [5.74, 6) is -0.675. The van der Waals surface area contributed by atoms with E-state index in [1.807, 2.05) is 36.4 Å². The van der Waals surface area contributed by atoms with E-state index in [1.165, 1.54) is 16.7 Å². The Morgan fingerprint density at radius 1 is 0.758 bits per heavy atom. The second-order valence-corrected chi connectivity index (χ2v) is 8.94. The van der Waals surface area contributed by atoms with E-state index in [2.05, 4.69) is 25.1 Å². The molecule has 2 aliphatic rings. The Bertz CT molecular complexity index is 1140. The van der Waals surface area contributed by atoms with E-state index in [1.54, 1.807) is 24.3 Å². The van der Waals surface area contributed by atoms with Crippen molar-refractivity contribution < 1.29 is 19.1 Å². The number of esters is 2. The first-order valence-corrected chi connectivity index (χ1v) is 11.8. The molecule has 5 rings (SSSR count). The summed E-state index contributed by atoms with van der Waals surface area (Å²) in [6.07, 6.45) is 3.10. The Morgan fingerprint density at radius 3 is 1.91 bits per heavy atom. The first kappa shape index (κ1) is 21.4. The van der Waals surface area contributed by atoms with Crippen LogP contribution in [0.25, 0.3) is 0 Å². The van der Waals surface area contributed by atoms with Gasteiger partial charge in [-0.25, -0.2) is 9.59 Å². The van der Waals surface area contributed by atoms with Crippen molar-refractivity contribution in [3.8, 4) is 0 Å². The van der Waals surface area contributed by atoms with Crippen molar-refractivity contribution in [3.63, 3.8) is 0 Å². The predicted octanol–water partition coefficient (Wildman–Crippen LogP) is 6.06. The molecule has 168 valence electrons. The monoisotopic (exact) mass is 440 g/mol. The zero-order valence-corrected chi connectivity index (χ0v) is 18.8. The van der Waals surface area contributed by atoms with Crippen LogP contribution in [-0.2, 0) is 15.9 Å². The van der Waals surface area contributed by atoms with Gasteiger partial charge in [0, 0.05) is 11.8 Å². The van der Waals surface area contributed by atoms with E-state index in [-0.39, 0.29) is 23.8 Å². The van der Waals surface area contributed by atoms with Gasteiger partial charge in [0.15, 0.2) is 0 Å². The van der Waals surface area contributed by atoms with Crippen LogP contribution in [-0.4, -0.2) is 24.1 Å². The third kappa shape index (κ3) is 4.06. The lowest BCUT2D eigenvalue weighted by atomic mass is 9.83. The highest BCUT2D eigenvalue weighted by Crippen LogP contribution is 2.56. The van der Waals surface area contributed by atoms with Crippen molar-refractivity contribution in [2.45, 2.75) is 56.7 Å². The highest BCUT2D eigenvalue weighted by Gasteiger charge is 2.55. The number of carbonyl (C=O) groups is 2. The van der Waals surface area contributed by atoms with E-state index in [0.717, 1.165) is 25.7 Å². The summed E-state index contributed by atoms with van der Waals surface area (Å²) in [4.78, 5) is 25.9. The summed E-state index contributed by atoms with van der Waals surface area (Å²) in [5.41, 5.74) is 4.88. The zero-order chi connectivity index (χ0) is 22.8. The Balaban J connectivity index is 1.47. The summed E-state index contributed by atoms with van der Waals surface area (Å²) < 4.78 is 12.1. The van der Waals surface area contributed by atoms with Crippen molar-refractivity contribution in [2.75, 3.05) is 0 Å². The van der Waals surface area contributed by atoms with Gasteiger partial charge < -0.3 is 9.47 Å². The minimum atomic E-state index is -0.496. The molecule has 4 nitrogen and oxygen atoms in total. The van der Waals surface area contributed by atoms with Gasteiger partial charge in [-0.05, 0) is 60.2 Å². The molecule has 4 unspecified atom stereocenters. The Hall–Kier alpha value is -3.40. The van der Waals surface area contributed by atoms with E-state index < -0.39 is 12.2 Å². The molecule has 0 aromatic heterocycles. The van der Waals surface area contributed by atoms with Crippen LogP contribution in [0.15, 0.2) is 78.9 Å². The van der Waals surface area contributed by atoms with Crippen molar-refractivity contribution in [1.82, 2.24) is 0 Å². The number of ether oxygens (including phenoxy) is 2. The average molecular weight is 441 g/mol. The number of fused-ring (bicyclic) bond motifs is 5. The molecule has 0 N–H and O–H groups in total. The first-order valence-electron chi connectivity index (χ1n) is 11.8. The molecule has 33 heavy (non-hydrogen) atoms. The third-order valence-electron chi connectivity index (χ3n) is 6.93. The summed E-state index contributed by atoms with van der Waals surface area (Å²) in [7, 11) is 0. The highest BCUT2D eigenvalue weighted by molar-refractivity contribution is 5.90. The number of carbonyl (C=O) groups excluding carboxylic acids is 2. The zero-order valence-electron chi connectivity index (χ0n) is 18.8. The normalized spacial score (nSPS) is 22.6. The van der Waals surface area contributed by atoms with Crippen LogP contribution in [0.5, 0.6) is 0 Å². The van der Waals surface area contributed by atoms with Crippen molar-refractivity contribution in [2.24, 2.45) is 0 Å². The van der Waals surface area contributed by atoms with Crippen molar-refractivity contribution in [1.29, 1.82) is 0 Å². The number of benzene rings is 3. The van der Waals surface area contributed by atoms with Crippen LogP contribution in [0.3, 0.4) is 0 Å². The molecule has 4 heteroatoms. The predicted molar refractivity (Wildman–Crippen MR) is 126 cm³/mol. The number of unbranched alkanes of at least 4 members (excludes halogenated alkanes) is 1. The SMILES string of the molecule is CCCCc1cccc2c1C1CC2C(OC(=O)c2ccccc2)C1OC(=O)c1ccccc1. The van der Waals surface area contributed by atoms with E-state index in [0.29, 0.717) is 11.1 Å². The molecule has 1 fully saturated rings. The fourth-order valence-corrected chi connectivity index (χ4v) is 5.41. The smallest absolute Gasteiger partial charge is 0.338 e. The van der Waals surface area contributed by atoms with Gasteiger partial charge in [0.05, 0.1) is 11.1 Å².